The smallest absolute Gasteiger partial charge is 0.156 e. The fraction of sp³-hybridized carbons (Fsp3) is 0.250. The van der Waals surface area contributed by atoms with Gasteiger partial charge < -0.3 is 5.11 Å². The molecular weight excluding hydrogens is 377 g/mol. The number of halogens is 1. The van der Waals surface area contributed by atoms with Crippen LogP contribution in [0.15, 0.2) is 45.8 Å². The number of hydrogen-bond acceptors (Lipinski definition) is 3. The number of aliphatic hydroxyl groups excluding tert-OH is 1. The molecule has 3 rings (SSSR count). The maximum atomic E-state index is 10.4. The molecule has 0 fully saturated rings. The van der Waals surface area contributed by atoms with E-state index in [-0.39, 0.29) is 11.2 Å². The summed E-state index contributed by atoms with van der Waals surface area (Å²) in [5.41, 5.74) is 3.26. The van der Waals surface area contributed by atoms with Crippen molar-refractivity contribution in [2.75, 3.05) is 0 Å². The van der Waals surface area contributed by atoms with E-state index in [2.05, 4.69) is 46.6 Å². The lowest BCUT2D eigenvalue weighted by Gasteiger charge is -2.13. The molecule has 108 valence electrons. The van der Waals surface area contributed by atoms with Crippen LogP contribution >= 0.6 is 22.6 Å². The standard InChI is InChI=1S/C16H16IN3O/c1-10-4-5-12-13(8-10)19-20(18-12)14-6-7-16(2,3)9-11(17)15(14)21/h4-9,21H,1-3H3. The second kappa shape index (κ2) is 4.98. The highest BCUT2D eigenvalue weighted by molar-refractivity contribution is 14.1. The van der Waals surface area contributed by atoms with Gasteiger partial charge in [-0.2, -0.15) is 0 Å². The molecular formula is C16H16IN3O. The van der Waals surface area contributed by atoms with Gasteiger partial charge in [0.25, 0.3) is 0 Å². The van der Waals surface area contributed by atoms with Crippen molar-refractivity contribution >= 4 is 39.3 Å². The fourth-order valence-corrected chi connectivity index (χ4v) is 3.31. The van der Waals surface area contributed by atoms with Gasteiger partial charge in [-0.1, -0.05) is 32.1 Å². The van der Waals surface area contributed by atoms with Crippen LogP contribution < -0.4 is 0 Å². The molecule has 1 heterocycles. The molecule has 0 unspecified atom stereocenters. The van der Waals surface area contributed by atoms with E-state index in [4.69, 9.17) is 0 Å². The van der Waals surface area contributed by atoms with Crippen molar-refractivity contribution in [3.8, 4) is 0 Å². The predicted octanol–water partition coefficient (Wildman–Crippen LogP) is 4.38. The van der Waals surface area contributed by atoms with Crippen molar-refractivity contribution in [1.82, 2.24) is 15.0 Å². The first-order valence-electron chi connectivity index (χ1n) is 6.71. The van der Waals surface area contributed by atoms with Crippen LogP contribution in [0.3, 0.4) is 0 Å². The Morgan fingerprint density at radius 3 is 2.67 bits per heavy atom. The van der Waals surface area contributed by atoms with Crippen LogP contribution in [0, 0.1) is 12.3 Å². The van der Waals surface area contributed by atoms with E-state index < -0.39 is 0 Å². The number of aromatic nitrogens is 3. The molecule has 0 saturated heterocycles. The summed E-state index contributed by atoms with van der Waals surface area (Å²) >= 11 is 2.14. The second-order valence-electron chi connectivity index (χ2n) is 5.86. The number of aliphatic hydroxyl groups is 1. The van der Waals surface area contributed by atoms with Crippen molar-refractivity contribution in [3.05, 3.63) is 51.3 Å². The molecule has 4 nitrogen and oxygen atoms in total. The first-order chi connectivity index (χ1) is 9.85. The van der Waals surface area contributed by atoms with Crippen LogP contribution in [0.4, 0.5) is 0 Å². The van der Waals surface area contributed by atoms with Crippen LogP contribution in [0.2, 0.25) is 0 Å². The molecule has 21 heavy (non-hydrogen) atoms. The summed E-state index contributed by atoms with van der Waals surface area (Å²) in [5, 5.41) is 19.4. The number of allylic oxidation sites excluding steroid dienone is 5. The Labute approximate surface area is 137 Å². The van der Waals surface area contributed by atoms with E-state index in [9.17, 15) is 5.11 Å². The zero-order valence-electron chi connectivity index (χ0n) is 12.1. The van der Waals surface area contributed by atoms with Gasteiger partial charge in [0.2, 0.25) is 0 Å². The zero-order valence-corrected chi connectivity index (χ0v) is 14.3. The van der Waals surface area contributed by atoms with E-state index in [0.717, 1.165) is 20.2 Å². The fourth-order valence-electron chi connectivity index (χ4n) is 2.23. The molecule has 0 radical (unpaired) electrons. The molecule has 1 aromatic carbocycles. The van der Waals surface area contributed by atoms with Crippen LogP contribution in [-0.4, -0.2) is 20.1 Å². The quantitative estimate of drug-likeness (QED) is 0.732. The average Bonchev–Trinajstić information content (AvgIpc) is 2.76. The Balaban J connectivity index is 2.17. The molecule has 1 aliphatic rings. The zero-order chi connectivity index (χ0) is 15.2. The van der Waals surface area contributed by atoms with Gasteiger partial charge in [0.05, 0.1) is 3.58 Å². The average molecular weight is 393 g/mol. The third-order valence-electron chi connectivity index (χ3n) is 3.39. The Hall–Kier alpha value is -1.63. The summed E-state index contributed by atoms with van der Waals surface area (Å²) in [7, 11) is 0. The summed E-state index contributed by atoms with van der Waals surface area (Å²) in [6, 6.07) is 5.93. The molecule has 1 N–H and O–H groups in total. The van der Waals surface area contributed by atoms with Crippen LogP contribution in [0.25, 0.3) is 16.7 Å². The normalized spacial score (nSPS) is 18.0. The van der Waals surface area contributed by atoms with Crippen molar-refractivity contribution in [2.24, 2.45) is 5.41 Å². The van der Waals surface area contributed by atoms with Gasteiger partial charge in [0.15, 0.2) is 5.76 Å². The number of fused-ring (bicyclic) bond motifs is 1. The number of benzene rings is 1. The first kappa shape index (κ1) is 14.3. The van der Waals surface area contributed by atoms with Crippen molar-refractivity contribution in [2.45, 2.75) is 20.8 Å². The lowest BCUT2D eigenvalue weighted by Crippen LogP contribution is -2.03. The maximum absolute atomic E-state index is 10.4. The third-order valence-corrected chi connectivity index (χ3v) is 4.21. The first-order valence-corrected chi connectivity index (χ1v) is 7.79. The van der Waals surface area contributed by atoms with E-state index in [1.54, 1.807) is 0 Å². The predicted molar refractivity (Wildman–Crippen MR) is 93.1 cm³/mol. The number of hydrogen-bond donors (Lipinski definition) is 1. The van der Waals surface area contributed by atoms with Gasteiger partial charge in [0.1, 0.15) is 16.7 Å². The molecule has 0 aliphatic heterocycles. The highest BCUT2D eigenvalue weighted by Crippen LogP contribution is 2.33. The van der Waals surface area contributed by atoms with Crippen molar-refractivity contribution in [3.63, 3.8) is 0 Å². The Bertz CT molecular complexity index is 812. The molecule has 5 heteroatoms. The Morgan fingerprint density at radius 2 is 1.90 bits per heavy atom. The highest BCUT2D eigenvalue weighted by Gasteiger charge is 2.20. The molecule has 2 aromatic rings. The van der Waals surface area contributed by atoms with Gasteiger partial charge in [-0.3, -0.25) is 0 Å². The number of nitrogens with zero attached hydrogens (tertiary/aromatic N) is 3. The molecule has 1 aliphatic carbocycles. The maximum Gasteiger partial charge on any atom is 0.156 e. The van der Waals surface area contributed by atoms with E-state index >= 15 is 0 Å². The van der Waals surface area contributed by atoms with Crippen molar-refractivity contribution in [1.29, 1.82) is 0 Å². The third kappa shape index (κ3) is 2.74. The molecule has 0 saturated carbocycles. The molecule has 0 bridgehead atoms. The van der Waals surface area contributed by atoms with E-state index in [1.807, 2.05) is 43.4 Å². The SMILES string of the molecule is Cc1ccc2nn(C3=C(O)C(I)=CC(C)(C)C=C3)nc2c1. The van der Waals surface area contributed by atoms with Crippen LogP contribution in [0.1, 0.15) is 19.4 Å². The van der Waals surface area contributed by atoms with Gasteiger partial charge in [-0.25, -0.2) is 0 Å². The topological polar surface area (TPSA) is 50.9 Å². The van der Waals surface area contributed by atoms with Gasteiger partial charge in [0, 0.05) is 5.41 Å². The van der Waals surface area contributed by atoms with Gasteiger partial charge >= 0.3 is 0 Å². The highest BCUT2D eigenvalue weighted by atomic mass is 127. The summed E-state index contributed by atoms with van der Waals surface area (Å²) in [6.45, 7) is 6.21. The van der Waals surface area contributed by atoms with Gasteiger partial charge in [-0.05, 0) is 53.3 Å². The number of rotatable bonds is 1. The minimum Gasteiger partial charge on any atom is -0.505 e. The molecule has 0 amide bonds. The van der Waals surface area contributed by atoms with Crippen LogP contribution in [-0.2, 0) is 0 Å². The lowest BCUT2D eigenvalue weighted by atomic mass is 9.93. The minimum absolute atomic E-state index is 0.116. The van der Waals surface area contributed by atoms with Crippen LogP contribution in [0.5, 0.6) is 0 Å². The molecule has 0 atom stereocenters. The largest absolute Gasteiger partial charge is 0.505 e. The lowest BCUT2D eigenvalue weighted by molar-refractivity contribution is 0.428. The van der Waals surface area contributed by atoms with Gasteiger partial charge in [-0.15, -0.1) is 15.0 Å². The van der Waals surface area contributed by atoms with Crippen molar-refractivity contribution < 1.29 is 5.11 Å². The number of aryl methyl sites for hydroxylation is 1. The summed E-state index contributed by atoms with van der Waals surface area (Å²) in [6.07, 6.45) is 5.95. The second-order valence-corrected chi connectivity index (χ2v) is 7.02. The monoisotopic (exact) mass is 393 g/mol. The van der Waals surface area contributed by atoms with E-state index in [1.165, 1.54) is 4.80 Å². The molecule has 1 aromatic heterocycles. The Kier molecular flexibility index (Phi) is 3.39. The molecule has 0 spiro atoms. The Morgan fingerprint density at radius 1 is 1.19 bits per heavy atom. The summed E-state index contributed by atoms with van der Waals surface area (Å²) in [4.78, 5) is 1.50. The summed E-state index contributed by atoms with van der Waals surface area (Å²) in [5.74, 6) is 0.203. The summed E-state index contributed by atoms with van der Waals surface area (Å²) < 4.78 is 0.801. The minimum atomic E-state index is -0.116. The van der Waals surface area contributed by atoms with E-state index in [0.29, 0.717) is 5.70 Å².